The van der Waals surface area contributed by atoms with Crippen LogP contribution in [0.4, 0.5) is 0 Å². The van der Waals surface area contributed by atoms with Crippen molar-refractivity contribution in [1.82, 2.24) is 0 Å². The zero-order chi connectivity index (χ0) is 26.2. The minimum atomic E-state index is -1.40. The van der Waals surface area contributed by atoms with Crippen LogP contribution < -0.4 is 0 Å². The summed E-state index contributed by atoms with van der Waals surface area (Å²) >= 11 is 0. The van der Waals surface area contributed by atoms with E-state index in [1.165, 1.54) is 5.57 Å². The highest BCUT2D eigenvalue weighted by Crippen LogP contribution is 2.66. The topological polar surface area (TPSA) is 71.4 Å². The fourth-order valence-electron chi connectivity index (χ4n) is 5.71. The first-order chi connectivity index (χ1) is 15.6. The molecule has 4 nitrogen and oxygen atoms in total. The van der Waals surface area contributed by atoms with E-state index in [1.54, 1.807) is 13.8 Å². The van der Waals surface area contributed by atoms with Gasteiger partial charge in [0, 0.05) is 5.92 Å². The Morgan fingerprint density at radius 1 is 0.941 bits per heavy atom. The SMILES string of the molecule is CC(C)=CC[C@H]1C[C@@]2(CC=C(C)C)C(=O)[C@](CC=C(C)C)(C(=O)C(C(=O)C(C)C)=C2O)C1(C)C. The Morgan fingerprint density at radius 3 is 1.91 bits per heavy atom. The molecular formula is C30H44O4. The van der Waals surface area contributed by atoms with E-state index >= 15 is 0 Å². The first-order valence-electron chi connectivity index (χ1n) is 12.5. The van der Waals surface area contributed by atoms with Crippen LogP contribution in [0.1, 0.15) is 94.9 Å². The number of aliphatic hydroxyl groups excluding tert-OH is 1. The molecule has 34 heavy (non-hydrogen) atoms. The number of Topliss-reactive ketones (excluding diaryl/α,β-unsaturated/α-hetero) is 3. The van der Waals surface area contributed by atoms with Crippen LogP contribution in [0.25, 0.3) is 0 Å². The third-order valence-electron chi connectivity index (χ3n) is 8.10. The number of allylic oxidation sites excluding steroid dienone is 8. The molecule has 0 amide bonds. The summed E-state index contributed by atoms with van der Waals surface area (Å²) in [6, 6.07) is 0. The molecular weight excluding hydrogens is 424 g/mol. The summed E-state index contributed by atoms with van der Waals surface area (Å²) in [4.78, 5) is 42.2. The lowest BCUT2D eigenvalue weighted by Gasteiger charge is -2.60. The van der Waals surface area contributed by atoms with Crippen LogP contribution in [0.5, 0.6) is 0 Å². The summed E-state index contributed by atoms with van der Waals surface area (Å²) in [5.41, 5.74) is -0.284. The van der Waals surface area contributed by atoms with E-state index in [9.17, 15) is 19.5 Å². The second-order valence-corrected chi connectivity index (χ2v) is 12.0. The van der Waals surface area contributed by atoms with Gasteiger partial charge in [0.2, 0.25) is 0 Å². The first-order valence-corrected chi connectivity index (χ1v) is 12.5. The average molecular weight is 469 g/mol. The molecule has 0 aromatic rings. The van der Waals surface area contributed by atoms with Gasteiger partial charge in [-0.15, -0.1) is 0 Å². The average Bonchev–Trinajstić information content (AvgIpc) is 2.71. The molecule has 0 spiro atoms. The standard InChI is InChI=1S/C30H44O4/c1-18(2)11-12-22-17-29(15-13-19(3)4)25(32)23(24(31)21(7)8)26(33)30(27(29)34,28(22,9)10)16-14-20(5)6/h11,13-14,21-22,32H,12,15-17H2,1-10H3/t22-,29+,30-/m0/s1. The number of hydrogen-bond acceptors (Lipinski definition) is 4. The fraction of sp³-hybridized carbons (Fsp3) is 0.633. The molecule has 2 rings (SSSR count). The molecule has 1 fully saturated rings. The molecule has 0 aromatic heterocycles. The number of fused-ring (bicyclic) bond motifs is 2. The van der Waals surface area contributed by atoms with E-state index < -0.39 is 27.9 Å². The van der Waals surface area contributed by atoms with Crippen molar-refractivity contribution in [2.45, 2.75) is 94.9 Å². The largest absolute Gasteiger partial charge is 0.510 e. The lowest BCUT2D eigenvalue weighted by Crippen LogP contribution is -2.67. The van der Waals surface area contributed by atoms with Crippen molar-refractivity contribution < 1.29 is 19.5 Å². The fourth-order valence-corrected chi connectivity index (χ4v) is 5.71. The second kappa shape index (κ2) is 9.79. The van der Waals surface area contributed by atoms with Crippen LogP contribution in [0.3, 0.4) is 0 Å². The van der Waals surface area contributed by atoms with Crippen LogP contribution in [0.15, 0.2) is 46.3 Å². The van der Waals surface area contributed by atoms with E-state index in [0.29, 0.717) is 19.3 Å². The Balaban J connectivity index is 3.01. The van der Waals surface area contributed by atoms with Gasteiger partial charge in [0.15, 0.2) is 17.3 Å². The molecule has 4 heteroatoms. The summed E-state index contributed by atoms with van der Waals surface area (Å²) in [7, 11) is 0. The normalized spacial score (nSPS) is 28.0. The zero-order valence-corrected chi connectivity index (χ0v) is 22.9. The highest BCUT2D eigenvalue weighted by atomic mass is 16.3. The number of ketones is 3. The lowest BCUT2D eigenvalue weighted by molar-refractivity contribution is -0.171. The van der Waals surface area contributed by atoms with Gasteiger partial charge in [0.1, 0.15) is 16.7 Å². The third-order valence-corrected chi connectivity index (χ3v) is 8.10. The molecule has 1 N–H and O–H groups in total. The summed E-state index contributed by atoms with van der Waals surface area (Å²) in [5, 5.41) is 11.6. The van der Waals surface area contributed by atoms with Crippen molar-refractivity contribution >= 4 is 17.3 Å². The van der Waals surface area contributed by atoms with Gasteiger partial charge in [-0.05, 0) is 78.6 Å². The Morgan fingerprint density at radius 2 is 1.44 bits per heavy atom. The summed E-state index contributed by atoms with van der Waals surface area (Å²) in [6.45, 7) is 19.4. The minimum Gasteiger partial charge on any atom is -0.510 e. The molecule has 0 radical (unpaired) electrons. The molecule has 1 saturated carbocycles. The Hall–Kier alpha value is -2.23. The molecule has 0 saturated heterocycles. The number of carbonyl (C=O) groups is 3. The monoisotopic (exact) mass is 468 g/mol. The van der Waals surface area contributed by atoms with Crippen molar-refractivity contribution in [3.05, 3.63) is 46.3 Å². The van der Waals surface area contributed by atoms with Crippen molar-refractivity contribution in [2.75, 3.05) is 0 Å². The summed E-state index contributed by atoms with van der Waals surface area (Å²) in [6.07, 6.45) is 7.73. The number of hydrogen-bond donors (Lipinski definition) is 1. The minimum absolute atomic E-state index is 0.0157. The van der Waals surface area contributed by atoms with Crippen LogP contribution >= 0.6 is 0 Å². The van der Waals surface area contributed by atoms with Crippen molar-refractivity contribution in [2.24, 2.45) is 28.1 Å². The molecule has 2 bridgehead atoms. The quantitative estimate of drug-likeness (QED) is 0.231. The molecule has 3 atom stereocenters. The van der Waals surface area contributed by atoms with E-state index in [0.717, 1.165) is 11.1 Å². The molecule has 0 aromatic carbocycles. The van der Waals surface area contributed by atoms with Crippen molar-refractivity contribution in [3.63, 3.8) is 0 Å². The Kier molecular flexibility index (Phi) is 8.07. The van der Waals surface area contributed by atoms with E-state index in [-0.39, 0.29) is 35.2 Å². The maximum atomic E-state index is 14.5. The van der Waals surface area contributed by atoms with Gasteiger partial charge in [-0.1, -0.05) is 62.6 Å². The van der Waals surface area contributed by atoms with Crippen LogP contribution in [0.2, 0.25) is 0 Å². The van der Waals surface area contributed by atoms with E-state index in [1.807, 2.05) is 67.5 Å². The van der Waals surface area contributed by atoms with Gasteiger partial charge in [-0.3, -0.25) is 14.4 Å². The van der Waals surface area contributed by atoms with Crippen LogP contribution in [-0.2, 0) is 14.4 Å². The van der Waals surface area contributed by atoms with Gasteiger partial charge >= 0.3 is 0 Å². The second-order valence-electron chi connectivity index (χ2n) is 12.0. The van der Waals surface area contributed by atoms with Crippen LogP contribution in [0, 0.1) is 28.1 Å². The molecule has 0 unspecified atom stereocenters. The maximum absolute atomic E-state index is 14.5. The summed E-state index contributed by atoms with van der Waals surface area (Å²) < 4.78 is 0. The van der Waals surface area contributed by atoms with Gasteiger partial charge < -0.3 is 5.11 Å². The molecule has 188 valence electrons. The maximum Gasteiger partial charge on any atom is 0.184 e. The molecule has 0 aliphatic heterocycles. The zero-order valence-electron chi connectivity index (χ0n) is 22.9. The molecule has 2 aliphatic rings. The lowest BCUT2D eigenvalue weighted by atomic mass is 9.40. The highest BCUT2D eigenvalue weighted by molar-refractivity contribution is 6.32. The highest BCUT2D eigenvalue weighted by Gasteiger charge is 2.72. The Labute approximate surface area is 206 Å². The molecule has 0 heterocycles. The predicted octanol–water partition coefficient (Wildman–Crippen LogP) is 7.26. The van der Waals surface area contributed by atoms with Crippen molar-refractivity contribution in [1.29, 1.82) is 0 Å². The summed E-state index contributed by atoms with van der Waals surface area (Å²) in [5.74, 6) is -1.87. The smallest absolute Gasteiger partial charge is 0.184 e. The van der Waals surface area contributed by atoms with Gasteiger partial charge in [-0.25, -0.2) is 0 Å². The van der Waals surface area contributed by atoms with Gasteiger partial charge in [0.05, 0.1) is 5.41 Å². The van der Waals surface area contributed by atoms with Gasteiger partial charge in [-0.2, -0.15) is 0 Å². The van der Waals surface area contributed by atoms with Crippen LogP contribution in [-0.4, -0.2) is 22.5 Å². The number of aliphatic hydroxyl groups is 1. The van der Waals surface area contributed by atoms with Gasteiger partial charge in [0.25, 0.3) is 0 Å². The third kappa shape index (κ3) is 4.41. The predicted molar refractivity (Wildman–Crippen MR) is 138 cm³/mol. The van der Waals surface area contributed by atoms with E-state index in [4.69, 9.17) is 0 Å². The van der Waals surface area contributed by atoms with E-state index in [2.05, 4.69) is 6.08 Å². The molecule has 2 aliphatic carbocycles. The number of carbonyl (C=O) groups excluding carboxylic acids is 3. The first kappa shape index (κ1) is 28.0. The Bertz CT molecular complexity index is 989. The number of rotatable bonds is 8. The van der Waals surface area contributed by atoms with Crippen molar-refractivity contribution in [3.8, 4) is 0 Å².